The van der Waals surface area contributed by atoms with Crippen LogP contribution in [0.5, 0.6) is 0 Å². The minimum atomic E-state index is 0. The predicted octanol–water partition coefficient (Wildman–Crippen LogP) is -5.59. The van der Waals surface area contributed by atoms with Crippen molar-refractivity contribution in [3.8, 4) is 0 Å². The van der Waals surface area contributed by atoms with E-state index in [1.54, 1.807) is 0 Å². The molecule has 0 aromatic rings. The zero-order chi connectivity index (χ0) is 8.41. The Morgan fingerprint density at radius 2 is 0.750 bits per heavy atom. The first kappa shape index (κ1) is 17.8. The van der Waals surface area contributed by atoms with Gasteiger partial charge in [-0.25, -0.2) is 0 Å². The van der Waals surface area contributed by atoms with Gasteiger partial charge in [-0.1, -0.05) is 0 Å². The summed E-state index contributed by atoms with van der Waals surface area (Å²) >= 11 is 0. The minimum Gasteiger partial charge on any atom is -1.00 e. The smallest absolute Gasteiger partial charge is 0.128 e. The zero-order valence-electron chi connectivity index (χ0n) is 9.06. The molecule has 0 unspecified atom stereocenters. The molecule has 0 N–H and O–H groups in total. The van der Waals surface area contributed by atoms with Crippen LogP contribution in [0.15, 0.2) is 0 Å². The fourth-order valence-electron chi connectivity index (χ4n) is 0.600. The van der Waals surface area contributed by atoms with Gasteiger partial charge in [-0.2, -0.15) is 0 Å². The van der Waals surface area contributed by atoms with Crippen LogP contribution in [0, 0.1) is 0 Å². The summed E-state index contributed by atoms with van der Waals surface area (Å²) in [7, 11) is 13.4. The van der Waals surface area contributed by atoms with E-state index in [9.17, 15) is 0 Å². The number of halogens is 2. The molecule has 0 aliphatic carbocycles. The van der Waals surface area contributed by atoms with Gasteiger partial charge in [-0.15, -0.1) is 0 Å². The van der Waals surface area contributed by atoms with Crippen LogP contribution in [-0.2, 0) is 0 Å². The van der Waals surface area contributed by atoms with E-state index in [0.29, 0.717) is 0 Å². The van der Waals surface area contributed by atoms with E-state index in [1.165, 1.54) is 13.1 Å². The van der Waals surface area contributed by atoms with E-state index in [1.807, 2.05) is 0 Å². The Bertz CT molecular complexity index is 88.6. The van der Waals surface area contributed by atoms with Gasteiger partial charge in [0, 0.05) is 0 Å². The summed E-state index contributed by atoms with van der Waals surface area (Å²) in [6.07, 6.45) is 0. The van der Waals surface area contributed by atoms with Crippen LogP contribution < -0.4 is 9.41 Å². The van der Waals surface area contributed by atoms with E-state index in [-0.39, 0.29) is 9.41 Å². The number of hydrogen-bond acceptors (Lipinski definition) is 0. The fraction of sp³-hybridized carbons (Fsp3) is 1.00. The van der Waals surface area contributed by atoms with Crippen LogP contribution >= 0.6 is 0 Å². The lowest BCUT2D eigenvalue weighted by atomic mass is 10.4. The van der Waals surface area contributed by atoms with Crippen LogP contribution in [-0.4, -0.2) is 64.3 Å². The van der Waals surface area contributed by atoms with Gasteiger partial charge in [-0.05, 0) is 0 Å². The molecule has 0 aromatic carbocycles. The molecule has 0 atom stereocenters. The monoisotopic (exact) mass is 184 g/mol. The van der Waals surface area contributed by atoms with Gasteiger partial charge in [0.2, 0.25) is 0 Å². The SMILES string of the molecule is C[N+](C)(C)CC[N+](C)(C)C.[F-].[F-]. The van der Waals surface area contributed by atoms with E-state index >= 15 is 0 Å². The first-order valence-corrected chi connectivity index (χ1v) is 3.82. The Labute approximate surface area is 74.7 Å². The summed E-state index contributed by atoms with van der Waals surface area (Å²) in [6.45, 7) is 2.48. The average molecular weight is 184 g/mol. The second-order valence-corrected chi connectivity index (χ2v) is 5.03. The van der Waals surface area contributed by atoms with Crippen molar-refractivity contribution >= 4 is 0 Å². The molecule has 0 aliphatic rings. The van der Waals surface area contributed by atoms with Gasteiger partial charge in [0.15, 0.2) is 0 Å². The van der Waals surface area contributed by atoms with Crippen LogP contribution in [0.3, 0.4) is 0 Å². The van der Waals surface area contributed by atoms with Gasteiger partial charge in [0.1, 0.15) is 13.1 Å². The number of rotatable bonds is 3. The molecule has 0 saturated heterocycles. The van der Waals surface area contributed by atoms with E-state index in [0.717, 1.165) is 8.97 Å². The summed E-state index contributed by atoms with van der Waals surface area (Å²) in [5, 5.41) is 0. The summed E-state index contributed by atoms with van der Waals surface area (Å²) < 4.78 is 2.13. The predicted molar refractivity (Wildman–Crippen MR) is 45.8 cm³/mol. The van der Waals surface area contributed by atoms with Crippen LogP contribution in [0.1, 0.15) is 0 Å². The molecule has 0 rings (SSSR count). The van der Waals surface area contributed by atoms with Crippen molar-refractivity contribution < 1.29 is 18.4 Å². The zero-order valence-corrected chi connectivity index (χ0v) is 9.06. The molecule has 78 valence electrons. The lowest BCUT2D eigenvalue weighted by molar-refractivity contribution is -0.927. The molecule has 0 amide bonds. The highest BCUT2D eigenvalue weighted by Crippen LogP contribution is 1.94. The fourth-order valence-corrected chi connectivity index (χ4v) is 0.600. The van der Waals surface area contributed by atoms with Crippen LogP contribution in [0.4, 0.5) is 0 Å². The molecule has 2 nitrogen and oxygen atoms in total. The van der Waals surface area contributed by atoms with E-state index < -0.39 is 0 Å². The lowest BCUT2D eigenvalue weighted by Gasteiger charge is -2.30. The average Bonchev–Trinajstić information content (AvgIpc) is 1.57. The van der Waals surface area contributed by atoms with Gasteiger partial charge < -0.3 is 18.4 Å². The summed E-state index contributed by atoms with van der Waals surface area (Å²) in [6, 6.07) is 0. The first-order chi connectivity index (χ1) is 4.21. The lowest BCUT2D eigenvalue weighted by Crippen LogP contribution is -3.00. The van der Waals surface area contributed by atoms with Crippen molar-refractivity contribution in [1.82, 2.24) is 0 Å². The van der Waals surface area contributed by atoms with E-state index in [2.05, 4.69) is 42.3 Å². The summed E-state index contributed by atoms with van der Waals surface area (Å²) in [5.74, 6) is 0. The second kappa shape index (κ2) is 5.43. The molecule has 12 heavy (non-hydrogen) atoms. The molecule has 0 fully saturated rings. The minimum absolute atomic E-state index is 0. The van der Waals surface area contributed by atoms with Gasteiger partial charge in [0.25, 0.3) is 0 Å². The summed E-state index contributed by atoms with van der Waals surface area (Å²) in [4.78, 5) is 0. The molecule has 0 saturated carbocycles. The Hall–Kier alpha value is -0.220. The van der Waals surface area contributed by atoms with Crippen LogP contribution in [0.25, 0.3) is 0 Å². The Kier molecular flexibility index (Phi) is 8.04. The van der Waals surface area contributed by atoms with E-state index in [4.69, 9.17) is 0 Å². The first-order valence-electron chi connectivity index (χ1n) is 3.82. The number of nitrogens with zero attached hydrogens (tertiary/aromatic N) is 2. The molecule has 0 aromatic heterocycles. The van der Waals surface area contributed by atoms with Crippen molar-refractivity contribution in [2.75, 3.05) is 55.4 Å². The standard InChI is InChI=1S/C8H22N2.2FH/c1-9(2,3)7-8-10(4,5)6;;/h7-8H2,1-6H3;2*1H/q+2;;/p-2. The van der Waals surface area contributed by atoms with Crippen LogP contribution in [0.2, 0.25) is 0 Å². The molecule has 0 radical (unpaired) electrons. The highest BCUT2D eigenvalue weighted by atomic mass is 19.0. The number of quaternary nitrogens is 2. The Morgan fingerprint density at radius 3 is 0.833 bits per heavy atom. The van der Waals surface area contributed by atoms with Gasteiger partial charge in [0.05, 0.1) is 42.3 Å². The largest absolute Gasteiger partial charge is 1.00 e. The maximum atomic E-state index is 2.23. The summed E-state index contributed by atoms with van der Waals surface area (Å²) in [5.41, 5.74) is 0. The Morgan fingerprint density at radius 1 is 0.583 bits per heavy atom. The van der Waals surface area contributed by atoms with Crippen molar-refractivity contribution in [3.05, 3.63) is 0 Å². The molecular weight excluding hydrogens is 162 g/mol. The third-order valence-corrected chi connectivity index (χ3v) is 1.44. The normalized spacial score (nSPS) is 11.5. The third kappa shape index (κ3) is 16.4. The molecule has 4 heteroatoms. The quantitative estimate of drug-likeness (QED) is 0.384. The maximum absolute atomic E-state index is 2.23. The highest BCUT2D eigenvalue weighted by Gasteiger charge is 2.13. The molecular formula is C8H22F2N2. The van der Waals surface area contributed by atoms with Crippen molar-refractivity contribution in [2.24, 2.45) is 0 Å². The second-order valence-electron chi connectivity index (χ2n) is 5.03. The Balaban J connectivity index is -0.000000405. The van der Waals surface area contributed by atoms with Gasteiger partial charge in [-0.3, -0.25) is 0 Å². The molecule has 0 heterocycles. The number of likely N-dealkylation sites (N-methyl/N-ethyl adjacent to an activating group) is 2. The maximum Gasteiger partial charge on any atom is 0.128 e. The number of hydrogen-bond donors (Lipinski definition) is 0. The van der Waals surface area contributed by atoms with Crippen molar-refractivity contribution in [3.63, 3.8) is 0 Å². The topological polar surface area (TPSA) is 0 Å². The highest BCUT2D eigenvalue weighted by molar-refractivity contribution is 4.26. The van der Waals surface area contributed by atoms with Crippen molar-refractivity contribution in [1.29, 1.82) is 0 Å². The third-order valence-electron chi connectivity index (χ3n) is 1.44. The molecule has 0 spiro atoms. The van der Waals surface area contributed by atoms with Crippen molar-refractivity contribution in [2.45, 2.75) is 0 Å². The molecule has 0 aliphatic heterocycles. The van der Waals surface area contributed by atoms with Gasteiger partial charge >= 0.3 is 0 Å². The molecule has 0 bridgehead atoms.